The van der Waals surface area contributed by atoms with Gasteiger partial charge in [-0.15, -0.1) is 0 Å². The summed E-state index contributed by atoms with van der Waals surface area (Å²) >= 11 is 0. The van der Waals surface area contributed by atoms with Crippen molar-refractivity contribution in [3.63, 3.8) is 0 Å². The first-order valence-electron chi connectivity index (χ1n) is 4.22. The molecule has 0 nitrogen and oxygen atoms in total. The maximum Gasteiger partial charge on any atom is 0.114 e. The van der Waals surface area contributed by atoms with Gasteiger partial charge >= 0.3 is 0 Å². The van der Waals surface area contributed by atoms with Crippen LogP contribution in [0.2, 0.25) is 0 Å². The zero-order chi connectivity index (χ0) is 8.32. The molecule has 0 aliphatic heterocycles. The summed E-state index contributed by atoms with van der Waals surface area (Å²) in [5.74, 6) is 0. The molecule has 0 amide bonds. The number of benzene rings is 1. The topological polar surface area (TPSA) is 0 Å². The Morgan fingerprint density at radius 2 is 1.82 bits per heavy atom. The SMILES string of the molecule is B[C@](C)(CC)c1ccccc1. The second-order valence-electron chi connectivity index (χ2n) is 3.60. The third kappa shape index (κ3) is 1.86. The first-order chi connectivity index (χ1) is 5.17. The minimum absolute atomic E-state index is 0.335. The van der Waals surface area contributed by atoms with E-state index in [9.17, 15) is 0 Å². The third-order valence-electron chi connectivity index (χ3n) is 2.44. The molecule has 0 aliphatic rings. The Balaban J connectivity index is 2.93. The lowest BCUT2D eigenvalue weighted by atomic mass is 9.64. The standard InChI is InChI=1S/C10H15B/c1-3-10(2,11)9-7-5-4-6-8-9/h4-8H,3,11H2,1-2H3/t10-/m1/s1. The third-order valence-corrected chi connectivity index (χ3v) is 2.44. The van der Waals surface area contributed by atoms with Crippen molar-refractivity contribution >= 4 is 7.85 Å². The predicted octanol–water partition coefficient (Wildman–Crippen LogP) is 1.94. The van der Waals surface area contributed by atoms with Gasteiger partial charge in [-0.1, -0.05) is 56.2 Å². The lowest BCUT2D eigenvalue weighted by molar-refractivity contribution is 0.649. The van der Waals surface area contributed by atoms with Gasteiger partial charge < -0.3 is 0 Å². The Hall–Kier alpha value is -0.715. The highest BCUT2D eigenvalue weighted by molar-refractivity contribution is 6.15. The van der Waals surface area contributed by atoms with Crippen LogP contribution in [-0.2, 0) is 5.31 Å². The molecule has 1 aromatic rings. The molecule has 58 valence electrons. The van der Waals surface area contributed by atoms with E-state index >= 15 is 0 Å². The Bertz CT molecular complexity index is 214. The van der Waals surface area contributed by atoms with Crippen LogP contribution in [0.5, 0.6) is 0 Å². The molecule has 0 saturated carbocycles. The van der Waals surface area contributed by atoms with Gasteiger partial charge in [-0.25, -0.2) is 0 Å². The van der Waals surface area contributed by atoms with Crippen LogP contribution < -0.4 is 0 Å². The zero-order valence-corrected chi connectivity index (χ0v) is 7.59. The molecular formula is C10H15B. The van der Waals surface area contributed by atoms with Gasteiger partial charge in [0.05, 0.1) is 0 Å². The van der Waals surface area contributed by atoms with Crippen LogP contribution in [0, 0.1) is 0 Å². The van der Waals surface area contributed by atoms with Gasteiger partial charge in [0, 0.05) is 0 Å². The highest BCUT2D eigenvalue weighted by Gasteiger charge is 2.16. The van der Waals surface area contributed by atoms with E-state index < -0.39 is 0 Å². The van der Waals surface area contributed by atoms with Gasteiger partial charge in [0.25, 0.3) is 0 Å². The first-order valence-corrected chi connectivity index (χ1v) is 4.22. The van der Waals surface area contributed by atoms with Gasteiger partial charge in [0.1, 0.15) is 7.85 Å². The van der Waals surface area contributed by atoms with E-state index in [1.54, 1.807) is 0 Å². The molecule has 0 radical (unpaired) electrons. The lowest BCUT2D eigenvalue weighted by Crippen LogP contribution is -2.20. The van der Waals surface area contributed by atoms with Crippen LogP contribution in [-0.4, -0.2) is 7.85 Å². The molecule has 0 aromatic heterocycles. The Morgan fingerprint density at radius 3 is 2.27 bits per heavy atom. The van der Waals surface area contributed by atoms with Crippen molar-refractivity contribution in [1.29, 1.82) is 0 Å². The molecule has 1 atom stereocenters. The molecule has 0 saturated heterocycles. The van der Waals surface area contributed by atoms with Gasteiger partial charge in [-0.05, 0) is 5.31 Å². The maximum atomic E-state index is 2.28. The number of hydrogen-bond acceptors (Lipinski definition) is 0. The van der Waals surface area contributed by atoms with Crippen LogP contribution >= 0.6 is 0 Å². The molecule has 1 rings (SSSR count). The van der Waals surface area contributed by atoms with Crippen LogP contribution in [0.4, 0.5) is 0 Å². The second-order valence-corrected chi connectivity index (χ2v) is 3.60. The number of rotatable bonds is 2. The second kappa shape index (κ2) is 3.12. The van der Waals surface area contributed by atoms with Crippen LogP contribution in [0.1, 0.15) is 25.8 Å². The van der Waals surface area contributed by atoms with Crippen molar-refractivity contribution < 1.29 is 0 Å². The summed E-state index contributed by atoms with van der Waals surface area (Å²) in [5.41, 5.74) is 1.43. The van der Waals surface area contributed by atoms with E-state index in [0.717, 1.165) is 0 Å². The summed E-state index contributed by atoms with van der Waals surface area (Å²) in [5, 5.41) is 0.335. The van der Waals surface area contributed by atoms with Crippen LogP contribution in [0.25, 0.3) is 0 Å². The molecule has 0 aliphatic carbocycles. The van der Waals surface area contributed by atoms with E-state index in [-0.39, 0.29) is 0 Å². The van der Waals surface area contributed by atoms with Crippen molar-refractivity contribution in [2.75, 3.05) is 0 Å². The zero-order valence-electron chi connectivity index (χ0n) is 7.59. The fourth-order valence-electron chi connectivity index (χ4n) is 1.09. The Morgan fingerprint density at radius 1 is 1.27 bits per heavy atom. The molecule has 11 heavy (non-hydrogen) atoms. The molecular weight excluding hydrogens is 131 g/mol. The Kier molecular flexibility index (Phi) is 2.38. The number of hydrogen-bond donors (Lipinski definition) is 0. The Labute approximate surface area is 70.0 Å². The minimum Gasteiger partial charge on any atom is -0.0652 e. The first kappa shape index (κ1) is 8.38. The average Bonchev–Trinajstić information content (AvgIpc) is 2.06. The van der Waals surface area contributed by atoms with Gasteiger partial charge in [-0.2, -0.15) is 0 Å². The largest absolute Gasteiger partial charge is 0.114 e. The highest BCUT2D eigenvalue weighted by atomic mass is 14.1. The monoisotopic (exact) mass is 146 g/mol. The molecule has 0 fully saturated rings. The summed E-state index contributed by atoms with van der Waals surface area (Å²) in [4.78, 5) is 0. The van der Waals surface area contributed by atoms with Gasteiger partial charge in [-0.3, -0.25) is 0 Å². The maximum absolute atomic E-state index is 2.28. The predicted molar refractivity (Wildman–Crippen MR) is 52.6 cm³/mol. The van der Waals surface area contributed by atoms with E-state index in [1.165, 1.54) is 12.0 Å². The van der Waals surface area contributed by atoms with Crippen molar-refractivity contribution in [2.24, 2.45) is 0 Å². The molecule has 0 bridgehead atoms. The molecule has 0 unspecified atom stereocenters. The molecule has 0 heterocycles. The van der Waals surface area contributed by atoms with Crippen molar-refractivity contribution in [3.05, 3.63) is 35.9 Å². The van der Waals surface area contributed by atoms with E-state index in [4.69, 9.17) is 0 Å². The van der Waals surface area contributed by atoms with Crippen molar-refractivity contribution in [3.8, 4) is 0 Å². The van der Waals surface area contributed by atoms with E-state index in [0.29, 0.717) is 5.31 Å². The molecule has 0 N–H and O–H groups in total. The highest BCUT2D eigenvalue weighted by Crippen LogP contribution is 2.22. The van der Waals surface area contributed by atoms with Crippen LogP contribution in [0.3, 0.4) is 0 Å². The lowest BCUT2D eigenvalue weighted by Gasteiger charge is -2.22. The quantitative estimate of drug-likeness (QED) is 0.559. The van der Waals surface area contributed by atoms with Crippen LogP contribution in [0.15, 0.2) is 30.3 Å². The summed E-state index contributed by atoms with van der Waals surface area (Å²) in [6.07, 6.45) is 1.19. The normalized spacial score (nSPS) is 15.8. The van der Waals surface area contributed by atoms with E-state index in [1.807, 2.05) is 0 Å². The summed E-state index contributed by atoms with van der Waals surface area (Å²) < 4.78 is 0. The van der Waals surface area contributed by atoms with E-state index in [2.05, 4.69) is 52.0 Å². The molecule has 0 spiro atoms. The smallest absolute Gasteiger partial charge is 0.0652 e. The van der Waals surface area contributed by atoms with Gasteiger partial charge in [0.2, 0.25) is 0 Å². The summed E-state index contributed by atoms with van der Waals surface area (Å²) in [6, 6.07) is 10.7. The minimum atomic E-state index is 0.335. The molecule has 1 heteroatoms. The van der Waals surface area contributed by atoms with Crippen molar-refractivity contribution in [1.82, 2.24) is 0 Å². The van der Waals surface area contributed by atoms with Gasteiger partial charge in [0.15, 0.2) is 0 Å². The van der Waals surface area contributed by atoms with Crippen molar-refractivity contribution in [2.45, 2.75) is 25.6 Å². The fourth-order valence-corrected chi connectivity index (χ4v) is 1.09. The fraction of sp³-hybridized carbons (Fsp3) is 0.400. The average molecular weight is 146 g/mol. The molecule has 1 aromatic carbocycles. The summed E-state index contributed by atoms with van der Waals surface area (Å²) in [6.45, 7) is 4.51. The summed E-state index contributed by atoms with van der Waals surface area (Å²) in [7, 11) is 2.28.